The average Bonchev–Trinajstić information content (AvgIpc) is 1.96. The molecule has 0 aromatic carbocycles. The third kappa shape index (κ3) is 1.79. The SMILES string of the molecule is O=c1[nH]c(C(F)F)c(I)cc1F. The van der Waals surface area contributed by atoms with Gasteiger partial charge in [0.25, 0.3) is 12.0 Å². The van der Waals surface area contributed by atoms with Crippen molar-refractivity contribution in [1.29, 1.82) is 0 Å². The van der Waals surface area contributed by atoms with Crippen LogP contribution in [-0.2, 0) is 0 Å². The van der Waals surface area contributed by atoms with Crippen LogP contribution < -0.4 is 5.56 Å². The van der Waals surface area contributed by atoms with E-state index in [1.807, 2.05) is 0 Å². The molecule has 0 atom stereocenters. The zero-order valence-corrected chi connectivity index (χ0v) is 7.73. The molecule has 1 aromatic rings. The van der Waals surface area contributed by atoms with Gasteiger partial charge in [-0.25, -0.2) is 13.2 Å². The van der Waals surface area contributed by atoms with Gasteiger partial charge in [-0.05, 0) is 28.7 Å². The van der Waals surface area contributed by atoms with Crippen LogP contribution in [0.5, 0.6) is 0 Å². The first kappa shape index (κ1) is 9.56. The van der Waals surface area contributed by atoms with E-state index in [0.29, 0.717) is 0 Å². The van der Waals surface area contributed by atoms with Crippen molar-refractivity contribution in [3.63, 3.8) is 0 Å². The second-order valence-electron chi connectivity index (χ2n) is 2.01. The lowest BCUT2D eigenvalue weighted by atomic mass is 10.3. The molecule has 1 N–H and O–H groups in total. The van der Waals surface area contributed by atoms with Crippen LogP contribution >= 0.6 is 22.6 Å². The van der Waals surface area contributed by atoms with Crippen LogP contribution in [0.2, 0.25) is 0 Å². The molecule has 0 aliphatic carbocycles. The summed E-state index contributed by atoms with van der Waals surface area (Å²) >= 11 is 1.53. The molecule has 1 rings (SSSR count). The topological polar surface area (TPSA) is 32.9 Å². The van der Waals surface area contributed by atoms with E-state index < -0.39 is 23.5 Å². The molecule has 0 bridgehead atoms. The summed E-state index contributed by atoms with van der Waals surface area (Å²) in [4.78, 5) is 12.3. The smallest absolute Gasteiger partial charge is 0.284 e. The van der Waals surface area contributed by atoms with Gasteiger partial charge in [-0.3, -0.25) is 4.79 Å². The number of aromatic nitrogens is 1. The highest BCUT2D eigenvalue weighted by molar-refractivity contribution is 14.1. The molecular formula is C6H3F3INO. The first-order chi connectivity index (χ1) is 5.52. The summed E-state index contributed by atoms with van der Waals surface area (Å²) in [6.07, 6.45) is -2.79. The number of hydrogen-bond donors (Lipinski definition) is 1. The van der Waals surface area contributed by atoms with E-state index >= 15 is 0 Å². The van der Waals surface area contributed by atoms with Crippen LogP contribution in [0.15, 0.2) is 10.9 Å². The highest BCUT2D eigenvalue weighted by Crippen LogP contribution is 2.20. The molecule has 66 valence electrons. The number of alkyl halides is 2. The summed E-state index contributed by atoms with van der Waals surface area (Å²) in [6.45, 7) is 0. The van der Waals surface area contributed by atoms with E-state index in [4.69, 9.17) is 0 Å². The minimum Gasteiger partial charge on any atom is -0.318 e. The van der Waals surface area contributed by atoms with E-state index in [2.05, 4.69) is 0 Å². The molecule has 0 aliphatic heterocycles. The van der Waals surface area contributed by atoms with E-state index in [1.54, 1.807) is 4.98 Å². The third-order valence-corrected chi connectivity index (χ3v) is 2.09. The normalized spacial score (nSPS) is 10.8. The Morgan fingerprint density at radius 1 is 1.50 bits per heavy atom. The molecule has 0 radical (unpaired) electrons. The Morgan fingerprint density at radius 3 is 2.58 bits per heavy atom. The molecule has 6 heteroatoms. The first-order valence-electron chi connectivity index (χ1n) is 2.88. The van der Waals surface area contributed by atoms with Crippen LogP contribution in [0.3, 0.4) is 0 Å². The fourth-order valence-electron chi connectivity index (χ4n) is 0.655. The van der Waals surface area contributed by atoms with Gasteiger partial charge in [-0.15, -0.1) is 0 Å². The number of nitrogens with one attached hydrogen (secondary N) is 1. The fourth-order valence-corrected chi connectivity index (χ4v) is 1.30. The first-order valence-corrected chi connectivity index (χ1v) is 3.96. The summed E-state index contributed by atoms with van der Waals surface area (Å²) < 4.78 is 36.5. The van der Waals surface area contributed by atoms with Crippen LogP contribution in [0.25, 0.3) is 0 Å². The number of halogens is 4. The van der Waals surface area contributed by atoms with Gasteiger partial charge in [0.05, 0.1) is 5.69 Å². The summed E-state index contributed by atoms with van der Waals surface area (Å²) in [5, 5.41) is 0. The Hall–Kier alpha value is -0.530. The average molecular weight is 289 g/mol. The number of pyridine rings is 1. The molecule has 0 fully saturated rings. The van der Waals surface area contributed by atoms with Gasteiger partial charge in [-0.1, -0.05) is 0 Å². The summed E-state index contributed by atoms with van der Waals surface area (Å²) in [6, 6.07) is 0.779. The molecule has 0 saturated heterocycles. The molecule has 0 spiro atoms. The maximum Gasteiger partial charge on any atom is 0.284 e. The fraction of sp³-hybridized carbons (Fsp3) is 0.167. The lowest BCUT2D eigenvalue weighted by molar-refractivity contribution is 0.144. The van der Waals surface area contributed by atoms with Crippen LogP contribution in [0, 0.1) is 9.39 Å². The van der Waals surface area contributed by atoms with Crippen LogP contribution in [0.4, 0.5) is 13.2 Å². The highest BCUT2D eigenvalue weighted by Gasteiger charge is 2.14. The van der Waals surface area contributed by atoms with Crippen LogP contribution in [-0.4, -0.2) is 4.98 Å². The number of H-pyrrole nitrogens is 1. The van der Waals surface area contributed by atoms with Crippen molar-refractivity contribution < 1.29 is 13.2 Å². The zero-order chi connectivity index (χ0) is 9.30. The summed E-state index contributed by atoms with van der Waals surface area (Å²) in [5.74, 6) is -1.05. The van der Waals surface area contributed by atoms with Crippen molar-refractivity contribution in [3.05, 3.63) is 31.5 Å². The van der Waals surface area contributed by atoms with Gasteiger partial charge in [0, 0.05) is 3.57 Å². The molecule has 0 unspecified atom stereocenters. The van der Waals surface area contributed by atoms with Gasteiger partial charge in [0.2, 0.25) is 0 Å². The molecule has 0 saturated carbocycles. The van der Waals surface area contributed by atoms with E-state index in [-0.39, 0.29) is 3.57 Å². The predicted octanol–water partition coefficient (Wildman–Crippen LogP) is 2.06. The number of rotatable bonds is 1. The second-order valence-corrected chi connectivity index (χ2v) is 3.17. The molecule has 1 heterocycles. The Kier molecular flexibility index (Phi) is 2.76. The van der Waals surface area contributed by atoms with Crippen molar-refractivity contribution in [3.8, 4) is 0 Å². The standard InChI is InChI=1S/C6H3F3INO/c7-2-1-3(10)4(5(8)9)11-6(2)12/h1,5H,(H,11,12). The lowest BCUT2D eigenvalue weighted by Crippen LogP contribution is -2.14. The van der Waals surface area contributed by atoms with E-state index in [0.717, 1.165) is 6.07 Å². The number of hydrogen-bond acceptors (Lipinski definition) is 1. The minimum atomic E-state index is -2.79. The largest absolute Gasteiger partial charge is 0.318 e. The van der Waals surface area contributed by atoms with Crippen molar-refractivity contribution in [2.75, 3.05) is 0 Å². The number of aromatic amines is 1. The monoisotopic (exact) mass is 289 g/mol. The van der Waals surface area contributed by atoms with Gasteiger partial charge >= 0.3 is 0 Å². The maximum absolute atomic E-state index is 12.4. The predicted molar refractivity (Wildman–Crippen MR) is 44.7 cm³/mol. The molecule has 12 heavy (non-hydrogen) atoms. The lowest BCUT2D eigenvalue weighted by Gasteiger charge is -2.01. The van der Waals surface area contributed by atoms with Crippen molar-refractivity contribution in [1.82, 2.24) is 4.98 Å². The molecular weight excluding hydrogens is 286 g/mol. The second kappa shape index (κ2) is 3.46. The minimum absolute atomic E-state index is 0.0136. The summed E-state index contributed by atoms with van der Waals surface area (Å²) in [5.41, 5.74) is -1.66. The molecule has 0 aliphatic rings. The Morgan fingerprint density at radius 2 is 2.08 bits per heavy atom. The Bertz CT molecular complexity index is 349. The Labute approximate surface area is 78.9 Å². The van der Waals surface area contributed by atoms with E-state index in [9.17, 15) is 18.0 Å². The van der Waals surface area contributed by atoms with Gasteiger partial charge in [0.15, 0.2) is 5.82 Å². The molecule has 2 nitrogen and oxygen atoms in total. The molecule has 1 aromatic heterocycles. The zero-order valence-electron chi connectivity index (χ0n) is 5.57. The quantitative estimate of drug-likeness (QED) is 0.789. The Balaban J connectivity index is 3.33. The van der Waals surface area contributed by atoms with Gasteiger partial charge in [0.1, 0.15) is 0 Å². The van der Waals surface area contributed by atoms with E-state index in [1.165, 1.54) is 22.6 Å². The van der Waals surface area contributed by atoms with Crippen molar-refractivity contribution in [2.45, 2.75) is 6.43 Å². The van der Waals surface area contributed by atoms with Crippen LogP contribution in [0.1, 0.15) is 12.1 Å². The highest BCUT2D eigenvalue weighted by atomic mass is 127. The third-order valence-electron chi connectivity index (χ3n) is 1.19. The molecule has 0 amide bonds. The van der Waals surface area contributed by atoms with Gasteiger partial charge < -0.3 is 4.98 Å². The maximum atomic E-state index is 12.4. The van der Waals surface area contributed by atoms with Crippen molar-refractivity contribution >= 4 is 22.6 Å². The summed E-state index contributed by atoms with van der Waals surface area (Å²) in [7, 11) is 0. The van der Waals surface area contributed by atoms with Crippen molar-refractivity contribution in [2.24, 2.45) is 0 Å². The van der Waals surface area contributed by atoms with Gasteiger partial charge in [-0.2, -0.15) is 0 Å².